The number of rotatable bonds is 47. The highest BCUT2D eigenvalue weighted by molar-refractivity contribution is 7.47. The van der Waals surface area contributed by atoms with Crippen LogP contribution >= 0.6 is 7.82 Å². The van der Waals surface area contributed by atoms with E-state index in [1.165, 1.54) is 186 Å². The smallest absolute Gasteiger partial charge is 0.387 e. The van der Waals surface area contributed by atoms with Gasteiger partial charge in [-0.05, 0) is 32.1 Å². The molecule has 3 unspecified atom stereocenters. The van der Waals surface area contributed by atoms with Gasteiger partial charge in [-0.3, -0.25) is 13.8 Å². The van der Waals surface area contributed by atoms with Gasteiger partial charge in [-0.1, -0.05) is 231 Å². The molecule has 0 aromatic carbocycles. The maximum atomic E-state index is 12.9. The van der Waals surface area contributed by atoms with E-state index in [4.69, 9.17) is 9.05 Å². The lowest BCUT2D eigenvalue weighted by atomic mass is 10.0. The van der Waals surface area contributed by atoms with Crippen LogP contribution in [0.1, 0.15) is 245 Å². The Balaban J connectivity index is 4.33. The van der Waals surface area contributed by atoms with E-state index >= 15 is 0 Å². The molecule has 0 saturated heterocycles. The highest BCUT2D eigenvalue weighted by Gasteiger charge is 2.27. The third kappa shape index (κ3) is 45.0. The summed E-state index contributed by atoms with van der Waals surface area (Å²) in [6.07, 6.45) is 52.6. The van der Waals surface area contributed by atoms with Crippen molar-refractivity contribution in [2.75, 3.05) is 40.9 Å². The van der Waals surface area contributed by atoms with Crippen molar-refractivity contribution in [2.45, 2.75) is 257 Å². The molecule has 3 N–H and O–H groups in total. The molecule has 0 bridgehead atoms. The molecule has 0 aliphatic heterocycles. The van der Waals surface area contributed by atoms with Gasteiger partial charge in [0.2, 0.25) is 5.91 Å². The molecule has 0 aliphatic rings. The number of hydrogen-bond donors (Lipinski definition) is 3. The zero-order valence-electron chi connectivity index (χ0n) is 40.5. The molecule has 0 radical (unpaired) electrons. The molecule has 3 atom stereocenters. The number of likely N-dealkylation sites (N-methyl/N-ethyl adjacent to an activating group) is 1. The maximum absolute atomic E-state index is 12.9. The van der Waals surface area contributed by atoms with E-state index in [2.05, 4.69) is 31.3 Å². The molecule has 0 aromatic rings. The highest BCUT2D eigenvalue weighted by atomic mass is 31.2. The Morgan fingerprint density at radius 3 is 1.33 bits per heavy atom. The van der Waals surface area contributed by atoms with Crippen molar-refractivity contribution in [3.63, 3.8) is 0 Å². The Bertz CT molecular complexity index is 1030. The van der Waals surface area contributed by atoms with E-state index in [9.17, 15) is 19.4 Å². The number of carbonyl (C=O) groups is 1. The van der Waals surface area contributed by atoms with Gasteiger partial charge in [0, 0.05) is 6.42 Å². The van der Waals surface area contributed by atoms with E-state index < -0.39 is 20.0 Å². The summed E-state index contributed by atoms with van der Waals surface area (Å²) >= 11 is 0. The van der Waals surface area contributed by atoms with Gasteiger partial charge >= 0.3 is 7.82 Å². The number of hydrogen-bond acceptors (Lipinski definition) is 5. The van der Waals surface area contributed by atoms with Crippen molar-refractivity contribution >= 4 is 13.7 Å². The molecule has 1 amide bonds. The summed E-state index contributed by atoms with van der Waals surface area (Å²) in [5.41, 5.74) is 0. The average Bonchev–Trinajstić information content (AvgIpc) is 3.20. The Labute approximate surface area is 373 Å². The van der Waals surface area contributed by atoms with Gasteiger partial charge in [-0.2, -0.15) is 0 Å². The Kier molecular flexibility index (Phi) is 42.5. The van der Waals surface area contributed by atoms with Crippen molar-refractivity contribution < 1.29 is 32.9 Å². The van der Waals surface area contributed by atoms with Crippen molar-refractivity contribution in [3.8, 4) is 0 Å². The molecule has 0 saturated carbocycles. The summed E-state index contributed by atoms with van der Waals surface area (Å²) in [6.45, 7) is 4.82. The van der Waals surface area contributed by atoms with Crippen LogP contribution in [0, 0.1) is 0 Å². The van der Waals surface area contributed by atoms with E-state index in [1.807, 2.05) is 27.2 Å². The minimum Gasteiger partial charge on any atom is -0.387 e. The van der Waals surface area contributed by atoms with Crippen LogP contribution in [-0.4, -0.2) is 73.4 Å². The molecule has 8 nitrogen and oxygen atoms in total. The molecular weight excluding hydrogens is 768 g/mol. The normalized spacial score (nSPS) is 14.3. The lowest BCUT2D eigenvalue weighted by Crippen LogP contribution is -2.45. The van der Waals surface area contributed by atoms with Crippen LogP contribution in [-0.2, 0) is 18.4 Å². The van der Waals surface area contributed by atoms with Crippen LogP contribution in [0.4, 0.5) is 0 Å². The fraction of sp³-hybridized carbons (Fsp3) is 0.902. The van der Waals surface area contributed by atoms with Gasteiger partial charge in [0.1, 0.15) is 13.2 Å². The van der Waals surface area contributed by atoms with Gasteiger partial charge in [-0.15, -0.1) is 0 Å². The van der Waals surface area contributed by atoms with Crippen molar-refractivity contribution in [1.82, 2.24) is 5.32 Å². The monoisotopic (exact) mass is 870 g/mol. The van der Waals surface area contributed by atoms with Crippen LogP contribution < -0.4 is 5.32 Å². The highest BCUT2D eigenvalue weighted by Crippen LogP contribution is 2.43. The number of allylic oxidation sites excluding steroid dienone is 3. The third-order valence-electron chi connectivity index (χ3n) is 11.7. The zero-order chi connectivity index (χ0) is 44.3. The fourth-order valence-electron chi connectivity index (χ4n) is 7.59. The van der Waals surface area contributed by atoms with Crippen LogP contribution in [0.25, 0.3) is 0 Å². The number of carbonyl (C=O) groups excluding carboxylic acids is 1. The summed E-state index contributed by atoms with van der Waals surface area (Å²) in [4.78, 5) is 23.2. The first-order valence-corrected chi connectivity index (χ1v) is 27.2. The first-order valence-electron chi connectivity index (χ1n) is 25.7. The van der Waals surface area contributed by atoms with E-state index in [1.54, 1.807) is 6.08 Å². The maximum Gasteiger partial charge on any atom is 0.472 e. The van der Waals surface area contributed by atoms with Gasteiger partial charge in [0.15, 0.2) is 0 Å². The number of aliphatic hydroxyl groups is 1. The van der Waals surface area contributed by atoms with Crippen molar-refractivity contribution in [3.05, 3.63) is 24.3 Å². The molecule has 0 aliphatic carbocycles. The van der Waals surface area contributed by atoms with Crippen molar-refractivity contribution in [1.29, 1.82) is 0 Å². The Hall–Kier alpha value is -1.02. The summed E-state index contributed by atoms with van der Waals surface area (Å²) in [5.74, 6) is -0.183. The fourth-order valence-corrected chi connectivity index (χ4v) is 8.32. The van der Waals surface area contributed by atoms with E-state index in [0.29, 0.717) is 17.4 Å². The molecule has 356 valence electrons. The number of unbranched alkanes of at least 4 members (excludes halogenated alkanes) is 32. The zero-order valence-corrected chi connectivity index (χ0v) is 41.4. The molecule has 0 rings (SSSR count). The minimum atomic E-state index is -4.35. The number of phosphoric acid groups is 1. The SMILES string of the molecule is CCCCCCCCCCCCCCC/C=C/CC/C=C/C(O)C(COP(=O)(O)OCC[N+](C)(C)C)NC(=O)CCCCCCCCCCCCCCCCCCCCC. The van der Waals surface area contributed by atoms with E-state index in [0.717, 1.165) is 38.5 Å². The molecule has 0 spiro atoms. The molecule has 0 fully saturated rings. The second-order valence-electron chi connectivity index (χ2n) is 18.9. The predicted molar refractivity (Wildman–Crippen MR) is 258 cm³/mol. The molecule has 9 heteroatoms. The first-order chi connectivity index (χ1) is 29.0. The number of phosphoric ester groups is 1. The molecule has 0 heterocycles. The third-order valence-corrected chi connectivity index (χ3v) is 12.7. The number of quaternary nitrogens is 1. The predicted octanol–water partition coefficient (Wildman–Crippen LogP) is 14.9. The van der Waals surface area contributed by atoms with Crippen molar-refractivity contribution in [2.24, 2.45) is 0 Å². The topological polar surface area (TPSA) is 105 Å². The second-order valence-corrected chi connectivity index (χ2v) is 20.4. The van der Waals surface area contributed by atoms with Crippen LogP contribution in [0.5, 0.6) is 0 Å². The van der Waals surface area contributed by atoms with Crippen LogP contribution in [0.15, 0.2) is 24.3 Å². The standard InChI is InChI=1S/C51H101N2O6P/c1-6-8-10-12-14-16-18-20-22-24-26-28-30-32-34-36-38-40-42-44-50(54)49(48-59-60(56,57)58-47-46-53(3,4)5)52-51(55)45-43-41-39-37-35-33-31-29-27-25-23-21-19-17-15-13-11-9-7-2/h34,36,42,44,49-50,54H,6-33,35,37-41,43,45-48H2,1-5H3,(H-,52,55,56,57)/p+1/b36-34+,44-42+. The lowest BCUT2D eigenvalue weighted by molar-refractivity contribution is -0.870. The summed E-state index contributed by atoms with van der Waals surface area (Å²) < 4.78 is 23.6. The summed E-state index contributed by atoms with van der Waals surface area (Å²) in [7, 11) is 1.56. The Morgan fingerprint density at radius 1 is 0.550 bits per heavy atom. The van der Waals surface area contributed by atoms with Crippen LogP contribution in [0.2, 0.25) is 0 Å². The van der Waals surface area contributed by atoms with E-state index in [-0.39, 0.29) is 19.1 Å². The van der Waals surface area contributed by atoms with Gasteiger partial charge in [0.25, 0.3) is 0 Å². The number of amides is 1. The lowest BCUT2D eigenvalue weighted by Gasteiger charge is -2.25. The number of nitrogens with zero attached hydrogens (tertiary/aromatic N) is 1. The van der Waals surface area contributed by atoms with Gasteiger partial charge in [0.05, 0.1) is 39.9 Å². The number of aliphatic hydroxyl groups excluding tert-OH is 1. The van der Waals surface area contributed by atoms with Crippen LogP contribution in [0.3, 0.4) is 0 Å². The van der Waals surface area contributed by atoms with Gasteiger partial charge in [-0.25, -0.2) is 4.57 Å². The van der Waals surface area contributed by atoms with Gasteiger partial charge < -0.3 is 19.8 Å². The number of nitrogens with one attached hydrogen (secondary N) is 1. The first kappa shape index (κ1) is 59.0. The molecule has 0 aromatic heterocycles. The minimum absolute atomic E-state index is 0.0586. The summed E-state index contributed by atoms with van der Waals surface area (Å²) in [6, 6.07) is -0.859. The molecule has 60 heavy (non-hydrogen) atoms. The summed E-state index contributed by atoms with van der Waals surface area (Å²) in [5, 5.41) is 13.9. The largest absolute Gasteiger partial charge is 0.472 e. The average molecular weight is 870 g/mol. The Morgan fingerprint density at radius 2 is 0.917 bits per heavy atom. The molecular formula is C51H102N2O6P+. The quantitative estimate of drug-likeness (QED) is 0.0243. The second kappa shape index (κ2) is 43.2.